The average molecular weight is 317 g/mol. The Hall–Kier alpha value is -0.470. The summed E-state index contributed by atoms with van der Waals surface area (Å²) in [7, 11) is -3.39. The molecule has 1 aromatic heterocycles. The number of hydrogen-bond donors (Lipinski definition) is 2. The van der Waals surface area contributed by atoms with Crippen molar-refractivity contribution in [2.24, 2.45) is 0 Å². The Balaban J connectivity index is 1.97. The first-order valence-corrected chi connectivity index (χ1v) is 9.45. The van der Waals surface area contributed by atoms with Gasteiger partial charge in [0.1, 0.15) is 0 Å². The molecule has 0 amide bonds. The summed E-state index contributed by atoms with van der Waals surface area (Å²) in [6.45, 7) is 4.64. The summed E-state index contributed by atoms with van der Waals surface area (Å²) in [6.07, 6.45) is 2.99. The predicted molar refractivity (Wildman–Crippen MR) is 83.0 cm³/mol. The number of likely N-dealkylation sites (N-methyl/N-ethyl adjacent to an activating group) is 1. The molecule has 0 radical (unpaired) electrons. The van der Waals surface area contributed by atoms with Crippen LogP contribution in [0.4, 0.5) is 0 Å². The lowest BCUT2D eigenvalue weighted by Gasteiger charge is -2.34. The highest BCUT2D eigenvalue weighted by Crippen LogP contribution is 2.20. The van der Waals surface area contributed by atoms with E-state index >= 15 is 0 Å². The minimum absolute atomic E-state index is 0.0736. The van der Waals surface area contributed by atoms with Gasteiger partial charge in [0, 0.05) is 30.6 Å². The first-order valence-electron chi connectivity index (χ1n) is 7.13. The monoisotopic (exact) mass is 317 g/mol. The standard InChI is InChI=1S/C13H23N3O2S2/c1-2-14-10-12-6-3-4-8-16(12)20(17,18)15-11-13-7-5-9-19-13/h5,7,9,12,14-15H,2-4,6,8,10-11H2,1H3. The molecule has 2 N–H and O–H groups in total. The highest BCUT2D eigenvalue weighted by Gasteiger charge is 2.31. The average Bonchev–Trinajstić information content (AvgIpc) is 2.97. The second kappa shape index (κ2) is 7.51. The SMILES string of the molecule is CCNCC1CCCCN1S(=O)(=O)NCc1cccs1. The number of piperidine rings is 1. The molecule has 1 atom stereocenters. The fourth-order valence-corrected chi connectivity index (χ4v) is 4.65. The van der Waals surface area contributed by atoms with E-state index in [0.29, 0.717) is 13.1 Å². The van der Waals surface area contributed by atoms with Gasteiger partial charge >= 0.3 is 0 Å². The lowest BCUT2D eigenvalue weighted by Crippen LogP contribution is -2.52. The van der Waals surface area contributed by atoms with Gasteiger partial charge in [-0.05, 0) is 30.8 Å². The van der Waals surface area contributed by atoms with Crippen molar-refractivity contribution < 1.29 is 8.42 Å². The van der Waals surface area contributed by atoms with Crippen LogP contribution in [0.25, 0.3) is 0 Å². The van der Waals surface area contributed by atoms with Gasteiger partial charge in [-0.2, -0.15) is 17.4 Å². The van der Waals surface area contributed by atoms with E-state index in [1.54, 1.807) is 15.6 Å². The van der Waals surface area contributed by atoms with E-state index < -0.39 is 10.2 Å². The van der Waals surface area contributed by atoms with E-state index in [2.05, 4.69) is 10.0 Å². The van der Waals surface area contributed by atoms with Gasteiger partial charge in [0.05, 0.1) is 0 Å². The van der Waals surface area contributed by atoms with Gasteiger partial charge < -0.3 is 5.32 Å². The molecule has 1 fully saturated rings. The minimum Gasteiger partial charge on any atom is -0.315 e. The molecule has 7 heteroatoms. The van der Waals surface area contributed by atoms with Crippen LogP contribution in [0.3, 0.4) is 0 Å². The van der Waals surface area contributed by atoms with Crippen molar-refractivity contribution in [3.8, 4) is 0 Å². The first-order chi connectivity index (χ1) is 9.63. The molecule has 0 spiro atoms. The van der Waals surface area contributed by atoms with Crippen LogP contribution < -0.4 is 10.0 Å². The maximum atomic E-state index is 12.4. The van der Waals surface area contributed by atoms with E-state index in [1.165, 1.54) is 0 Å². The van der Waals surface area contributed by atoms with Gasteiger partial charge in [-0.1, -0.05) is 19.4 Å². The largest absolute Gasteiger partial charge is 0.315 e. The van der Waals surface area contributed by atoms with E-state index in [-0.39, 0.29) is 6.04 Å². The molecule has 0 bridgehead atoms. The summed E-state index contributed by atoms with van der Waals surface area (Å²) < 4.78 is 29.2. The van der Waals surface area contributed by atoms with Crippen LogP contribution in [0.1, 0.15) is 31.1 Å². The number of nitrogens with zero attached hydrogens (tertiary/aromatic N) is 1. The van der Waals surface area contributed by atoms with Gasteiger partial charge in [0.25, 0.3) is 10.2 Å². The van der Waals surface area contributed by atoms with Crippen molar-refractivity contribution in [1.29, 1.82) is 0 Å². The van der Waals surface area contributed by atoms with Crippen LogP contribution in [0.15, 0.2) is 17.5 Å². The summed E-state index contributed by atoms with van der Waals surface area (Å²) in [6, 6.07) is 3.95. The molecule has 1 aromatic rings. The van der Waals surface area contributed by atoms with Crippen molar-refractivity contribution in [3.63, 3.8) is 0 Å². The van der Waals surface area contributed by atoms with Crippen molar-refractivity contribution in [1.82, 2.24) is 14.3 Å². The minimum atomic E-state index is -3.39. The molecule has 114 valence electrons. The second-order valence-corrected chi connectivity index (χ2v) is 7.71. The maximum Gasteiger partial charge on any atom is 0.280 e. The molecule has 20 heavy (non-hydrogen) atoms. The molecule has 0 aromatic carbocycles. The quantitative estimate of drug-likeness (QED) is 0.802. The molecule has 0 saturated carbocycles. The van der Waals surface area contributed by atoms with Crippen LogP contribution >= 0.6 is 11.3 Å². The van der Waals surface area contributed by atoms with E-state index in [9.17, 15) is 8.42 Å². The number of nitrogens with one attached hydrogen (secondary N) is 2. The zero-order valence-electron chi connectivity index (χ0n) is 11.8. The molecule has 2 heterocycles. The van der Waals surface area contributed by atoms with Gasteiger partial charge in [0.15, 0.2) is 0 Å². The molecule has 1 saturated heterocycles. The molecular weight excluding hydrogens is 294 g/mol. The summed E-state index contributed by atoms with van der Waals surface area (Å²) in [4.78, 5) is 1.04. The zero-order valence-corrected chi connectivity index (χ0v) is 13.5. The first kappa shape index (κ1) is 15.9. The summed E-state index contributed by atoms with van der Waals surface area (Å²) in [5.41, 5.74) is 0. The zero-order chi connectivity index (χ0) is 14.4. The Kier molecular flexibility index (Phi) is 5.98. The Labute approximate surface area is 125 Å². The van der Waals surface area contributed by atoms with Crippen LogP contribution in [0, 0.1) is 0 Å². The second-order valence-electron chi connectivity index (χ2n) is 4.97. The van der Waals surface area contributed by atoms with E-state index in [4.69, 9.17) is 0 Å². The molecule has 5 nitrogen and oxygen atoms in total. The van der Waals surface area contributed by atoms with E-state index in [1.807, 2.05) is 24.4 Å². The molecule has 0 aliphatic carbocycles. The van der Waals surface area contributed by atoms with Crippen LogP contribution in [0.2, 0.25) is 0 Å². The highest BCUT2D eigenvalue weighted by molar-refractivity contribution is 7.87. The summed E-state index contributed by atoms with van der Waals surface area (Å²) in [5.74, 6) is 0. The van der Waals surface area contributed by atoms with Gasteiger partial charge in [-0.25, -0.2) is 0 Å². The maximum absolute atomic E-state index is 12.4. The third-order valence-electron chi connectivity index (χ3n) is 3.52. The van der Waals surface area contributed by atoms with Crippen LogP contribution in [0.5, 0.6) is 0 Å². The van der Waals surface area contributed by atoms with Crippen molar-refractivity contribution in [2.75, 3.05) is 19.6 Å². The fourth-order valence-electron chi connectivity index (χ4n) is 2.46. The molecule has 1 aliphatic rings. The third-order valence-corrected chi connectivity index (χ3v) is 6.00. The van der Waals surface area contributed by atoms with Gasteiger partial charge in [0.2, 0.25) is 0 Å². The van der Waals surface area contributed by atoms with Crippen LogP contribution in [-0.4, -0.2) is 38.4 Å². The Morgan fingerprint density at radius 2 is 2.30 bits per heavy atom. The van der Waals surface area contributed by atoms with Crippen molar-refractivity contribution in [2.45, 2.75) is 38.8 Å². The fraction of sp³-hybridized carbons (Fsp3) is 0.692. The van der Waals surface area contributed by atoms with Gasteiger partial charge in [-0.3, -0.25) is 0 Å². The topological polar surface area (TPSA) is 61.4 Å². The van der Waals surface area contributed by atoms with Crippen molar-refractivity contribution in [3.05, 3.63) is 22.4 Å². The number of thiophene rings is 1. The Bertz CT molecular complexity index is 488. The van der Waals surface area contributed by atoms with Gasteiger partial charge in [-0.15, -0.1) is 11.3 Å². The molecule has 1 unspecified atom stereocenters. The summed E-state index contributed by atoms with van der Waals surface area (Å²) >= 11 is 1.57. The number of hydrogen-bond acceptors (Lipinski definition) is 4. The third kappa shape index (κ3) is 4.26. The summed E-state index contributed by atoms with van der Waals surface area (Å²) in [5, 5.41) is 5.21. The number of rotatable bonds is 7. The normalized spacial score (nSPS) is 21.1. The smallest absolute Gasteiger partial charge is 0.280 e. The van der Waals surface area contributed by atoms with E-state index in [0.717, 1.165) is 37.2 Å². The predicted octanol–water partition coefficient (Wildman–Crippen LogP) is 1.55. The lowest BCUT2D eigenvalue weighted by atomic mass is 10.1. The van der Waals surface area contributed by atoms with Crippen LogP contribution in [-0.2, 0) is 16.8 Å². The Morgan fingerprint density at radius 3 is 3.00 bits per heavy atom. The molecule has 2 rings (SSSR count). The molecule has 1 aliphatic heterocycles. The van der Waals surface area contributed by atoms with Crippen molar-refractivity contribution >= 4 is 21.5 Å². The lowest BCUT2D eigenvalue weighted by molar-refractivity contribution is 0.244. The molecular formula is C13H23N3O2S2. The Morgan fingerprint density at radius 1 is 1.45 bits per heavy atom. The highest BCUT2D eigenvalue weighted by atomic mass is 32.2.